The van der Waals surface area contributed by atoms with E-state index in [-0.39, 0.29) is 5.97 Å². The topological polar surface area (TPSA) is 26.3 Å². The molecule has 0 aliphatic rings. The quantitative estimate of drug-likeness (QED) is 0.271. The van der Waals surface area contributed by atoms with Crippen molar-refractivity contribution in [2.75, 3.05) is 6.61 Å². The number of carbonyl (C=O) groups is 1. The standard InChI is InChI=1S/C22H40O2/c1-18(2)10-7-11-19(3)12-8-13-20(4)14-9-15-21(5)16-17-24-22(6)23/h14,16,18-19H,7-13,15,17H2,1-6H3/b20-14?,21-16-. The number of rotatable bonds is 13. The normalized spacial score (nSPS) is 14.1. The summed E-state index contributed by atoms with van der Waals surface area (Å²) in [6.07, 6.45) is 14.5. The second kappa shape index (κ2) is 14.3. The van der Waals surface area contributed by atoms with E-state index in [1.54, 1.807) is 0 Å². The molecule has 0 N–H and O–H groups in total. The van der Waals surface area contributed by atoms with Crippen LogP contribution in [0.25, 0.3) is 0 Å². The van der Waals surface area contributed by atoms with Gasteiger partial charge in [0.2, 0.25) is 0 Å². The molecule has 0 aliphatic heterocycles. The second-order valence-electron chi connectivity index (χ2n) is 7.76. The Morgan fingerprint density at radius 3 is 2.12 bits per heavy atom. The summed E-state index contributed by atoms with van der Waals surface area (Å²) >= 11 is 0. The summed E-state index contributed by atoms with van der Waals surface area (Å²) in [4.78, 5) is 10.7. The molecule has 0 aromatic carbocycles. The number of esters is 1. The van der Waals surface area contributed by atoms with E-state index in [1.807, 2.05) is 6.08 Å². The number of hydrogen-bond donors (Lipinski definition) is 0. The maximum absolute atomic E-state index is 10.7. The van der Waals surface area contributed by atoms with Crippen molar-refractivity contribution < 1.29 is 9.53 Å². The van der Waals surface area contributed by atoms with Gasteiger partial charge in [-0.3, -0.25) is 4.79 Å². The summed E-state index contributed by atoms with van der Waals surface area (Å²) in [7, 11) is 0. The molecule has 0 radical (unpaired) electrons. The summed E-state index contributed by atoms with van der Waals surface area (Å²) in [6, 6.07) is 0. The van der Waals surface area contributed by atoms with Crippen molar-refractivity contribution >= 4 is 5.97 Å². The minimum absolute atomic E-state index is 0.215. The van der Waals surface area contributed by atoms with Crippen molar-refractivity contribution in [3.05, 3.63) is 23.3 Å². The molecule has 0 heterocycles. The van der Waals surface area contributed by atoms with E-state index in [0.717, 1.165) is 24.7 Å². The van der Waals surface area contributed by atoms with Crippen molar-refractivity contribution in [2.45, 2.75) is 92.9 Å². The Morgan fingerprint density at radius 2 is 1.50 bits per heavy atom. The third kappa shape index (κ3) is 15.8. The lowest BCUT2D eigenvalue weighted by Gasteiger charge is -2.12. The molecule has 0 aromatic heterocycles. The molecule has 0 saturated carbocycles. The Kier molecular flexibility index (Phi) is 13.7. The first kappa shape index (κ1) is 22.9. The maximum Gasteiger partial charge on any atom is 0.302 e. The number of allylic oxidation sites excluding steroid dienone is 3. The van der Waals surface area contributed by atoms with Crippen LogP contribution in [0.15, 0.2) is 23.3 Å². The fourth-order valence-corrected chi connectivity index (χ4v) is 2.80. The first-order valence-corrected chi connectivity index (χ1v) is 9.75. The number of hydrogen-bond acceptors (Lipinski definition) is 2. The third-order valence-electron chi connectivity index (χ3n) is 4.50. The lowest BCUT2D eigenvalue weighted by molar-refractivity contribution is -0.139. The minimum Gasteiger partial charge on any atom is -0.462 e. The summed E-state index contributed by atoms with van der Waals surface area (Å²) in [5, 5.41) is 0. The van der Waals surface area contributed by atoms with E-state index in [2.05, 4.69) is 40.7 Å². The molecular formula is C22H40O2. The highest BCUT2D eigenvalue weighted by molar-refractivity contribution is 5.66. The van der Waals surface area contributed by atoms with Gasteiger partial charge in [0.05, 0.1) is 0 Å². The number of ether oxygens (including phenoxy) is 1. The van der Waals surface area contributed by atoms with Crippen LogP contribution in [-0.4, -0.2) is 12.6 Å². The SMILES string of the molecule is CC(=O)OC/C=C(/C)CCC=C(C)CCCC(C)CCCC(C)C. The second-order valence-corrected chi connectivity index (χ2v) is 7.76. The van der Waals surface area contributed by atoms with Crippen molar-refractivity contribution in [2.24, 2.45) is 11.8 Å². The van der Waals surface area contributed by atoms with Gasteiger partial charge in [0.25, 0.3) is 0 Å². The fraction of sp³-hybridized carbons (Fsp3) is 0.773. The monoisotopic (exact) mass is 336 g/mol. The van der Waals surface area contributed by atoms with Gasteiger partial charge in [-0.05, 0) is 57.4 Å². The largest absolute Gasteiger partial charge is 0.462 e. The highest BCUT2D eigenvalue weighted by Gasteiger charge is 2.03. The van der Waals surface area contributed by atoms with Crippen LogP contribution in [0.3, 0.4) is 0 Å². The van der Waals surface area contributed by atoms with Crippen LogP contribution in [0.4, 0.5) is 0 Å². The lowest BCUT2D eigenvalue weighted by atomic mass is 9.94. The molecule has 140 valence electrons. The predicted molar refractivity (Wildman–Crippen MR) is 105 cm³/mol. The van der Waals surface area contributed by atoms with E-state index < -0.39 is 0 Å². The van der Waals surface area contributed by atoms with Crippen LogP contribution >= 0.6 is 0 Å². The molecule has 0 bridgehead atoms. The fourth-order valence-electron chi connectivity index (χ4n) is 2.80. The van der Waals surface area contributed by atoms with Gasteiger partial charge in [-0.25, -0.2) is 0 Å². The van der Waals surface area contributed by atoms with Crippen molar-refractivity contribution in [3.63, 3.8) is 0 Å². The molecule has 0 amide bonds. The van der Waals surface area contributed by atoms with E-state index in [9.17, 15) is 4.79 Å². The van der Waals surface area contributed by atoms with Gasteiger partial charge in [0.15, 0.2) is 0 Å². The van der Waals surface area contributed by atoms with Gasteiger partial charge in [-0.1, -0.05) is 63.7 Å². The average molecular weight is 337 g/mol. The summed E-state index contributed by atoms with van der Waals surface area (Å²) in [5.41, 5.74) is 2.80. The Labute approximate surface area is 150 Å². The van der Waals surface area contributed by atoms with Gasteiger partial charge < -0.3 is 4.74 Å². The predicted octanol–water partition coefficient (Wildman–Crippen LogP) is 6.86. The lowest BCUT2D eigenvalue weighted by Crippen LogP contribution is -1.98. The van der Waals surface area contributed by atoms with Crippen molar-refractivity contribution in [3.8, 4) is 0 Å². The Balaban J connectivity index is 3.77. The Hall–Kier alpha value is -1.05. The summed E-state index contributed by atoms with van der Waals surface area (Å²) in [6.45, 7) is 13.2. The molecule has 1 unspecified atom stereocenters. The zero-order valence-corrected chi connectivity index (χ0v) is 17.0. The van der Waals surface area contributed by atoms with Gasteiger partial charge in [0, 0.05) is 6.92 Å². The molecular weight excluding hydrogens is 296 g/mol. The molecule has 1 atom stereocenters. The minimum atomic E-state index is -0.215. The van der Waals surface area contributed by atoms with Crippen LogP contribution in [0, 0.1) is 11.8 Å². The summed E-state index contributed by atoms with van der Waals surface area (Å²) in [5.74, 6) is 1.49. The first-order chi connectivity index (χ1) is 11.3. The van der Waals surface area contributed by atoms with Crippen molar-refractivity contribution in [1.29, 1.82) is 0 Å². The molecule has 2 nitrogen and oxygen atoms in total. The van der Waals surface area contributed by atoms with Crippen molar-refractivity contribution in [1.82, 2.24) is 0 Å². The Morgan fingerprint density at radius 1 is 0.875 bits per heavy atom. The van der Waals surface area contributed by atoms with Gasteiger partial charge in [-0.2, -0.15) is 0 Å². The molecule has 0 fully saturated rings. The third-order valence-corrected chi connectivity index (χ3v) is 4.50. The molecule has 0 aromatic rings. The van der Waals surface area contributed by atoms with E-state index in [4.69, 9.17) is 4.74 Å². The van der Waals surface area contributed by atoms with E-state index >= 15 is 0 Å². The van der Waals surface area contributed by atoms with Crippen LogP contribution in [-0.2, 0) is 9.53 Å². The van der Waals surface area contributed by atoms with Crippen LogP contribution in [0.2, 0.25) is 0 Å². The van der Waals surface area contributed by atoms with Gasteiger partial charge >= 0.3 is 5.97 Å². The van der Waals surface area contributed by atoms with E-state index in [1.165, 1.54) is 56.6 Å². The first-order valence-electron chi connectivity index (χ1n) is 9.75. The maximum atomic E-state index is 10.7. The smallest absolute Gasteiger partial charge is 0.302 e. The zero-order chi connectivity index (χ0) is 18.4. The Bertz CT molecular complexity index is 391. The van der Waals surface area contributed by atoms with Crippen LogP contribution in [0.5, 0.6) is 0 Å². The van der Waals surface area contributed by atoms with Gasteiger partial charge in [0.1, 0.15) is 6.61 Å². The molecule has 0 rings (SSSR count). The zero-order valence-electron chi connectivity index (χ0n) is 17.0. The highest BCUT2D eigenvalue weighted by atomic mass is 16.5. The molecule has 0 saturated heterocycles. The molecule has 0 spiro atoms. The van der Waals surface area contributed by atoms with E-state index in [0.29, 0.717) is 6.61 Å². The number of carbonyl (C=O) groups excluding carboxylic acids is 1. The average Bonchev–Trinajstić information content (AvgIpc) is 2.46. The van der Waals surface area contributed by atoms with Crippen LogP contribution in [0.1, 0.15) is 92.9 Å². The molecule has 2 heteroatoms. The highest BCUT2D eigenvalue weighted by Crippen LogP contribution is 2.19. The van der Waals surface area contributed by atoms with Gasteiger partial charge in [-0.15, -0.1) is 0 Å². The molecule has 0 aliphatic carbocycles. The molecule has 24 heavy (non-hydrogen) atoms. The summed E-state index contributed by atoms with van der Waals surface area (Å²) < 4.78 is 4.93. The van der Waals surface area contributed by atoms with Crippen LogP contribution < -0.4 is 0 Å².